The molecule has 4 nitrogen and oxygen atoms in total. The van der Waals surface area contributed by atoms with Crippen LogP contribution in [0.5, 0.6) is 0 Å². The first-order valence-corrected chi connectivity index (χ1v) is 4.12. The zero-order chi connectivity index (χ0) is 9.35. The Labute approximate surface area is 77.0 Å². The summed E-state index contributed by atoms with van der Waals surface area (Å²) in [6, 6.07) is 0. The predicted octanol–water partition coefficient (Wildman–Crippen LogP) is 1.21. The van der Waals surface area contributed by atoms with Gasteiger partial charge in [-0.2, -0.15) is 0 Å². The molecule has 0 atom stereocenters. The van der Waals surface area contributed by atoms with Crippen LogP contribution in [0.3, 0.4) is 0 Å². The summed E-state index contributed by atoms with van der Waals surface area (Å²) in [5.74, 6) is -2.09. The van der Waals surface area contributed by atoms with Gasteiger partial charge in [0.25, 0.3) is 0 Å². The van der Waals surface area contributed by atoms with Crippen LogP contribution in [0, 0.1) is 5.41 Å². The molecule has 0 aromatic heterocycles. The molecule has 1 aliphatic carbocycles. The van der Waals surface area contributed by atoms with Crippen LogP contribution in [0.15, 0.2) is 10.6 Å². The van der Waals surface area contributed by atoms with Crippen LogP contribution in [0.1, 0.15) is 12.8 Å². The molecule has 0 unspecified atom stereocenters. The molecule has 0 aromatic carbocycles. The van der Waals surface area contributed by atoms with Crippen LogP contribution in [-0.4, -0.2) is 22.2 Å². The van der Waals surface area contributed by atoms with Crippen molar-refractivity contribution in [3.63, 3.8) is 0 Å². The Morgan fingerprint density at radius 1 is 1.33 bits per heavy atom. The molecule has 0 bridgehead atoms. The van der Waals surface area contributed by atoms with Crippen molar-refractivity contribution in [2.24, 2.45) is 5.41 Å². The van der Waals surface area contributed by atoms with Gasteiger partial charge < -0.3 is 10.2 Å². The standard InChI is InChI=1S/C7H7BrO4/c8-4(5(9)10)3-7(1-2-7)6(11)12/h3H,1-2H2,(H,9,10)(H,11,12). The first kappa shape index (κ1) is 9.25. The molecule has 1 fully saturated rings. The summed E-state index contributed by atoms with van der Waals surface area (Å²) in [6.07, 6.45) is 2.28. The molecule has 0 saturated heterocycles. The second-order valence-electron chi connectivity index (χ2n) is 2.76. The Kier molecular flexibility index (Phi) is 2.23. The minimum atomic E-state index is -1.14. The van der Waals surface area contributed by atoms with Crippen molar-refractivity contribution in [1.29, 1.82) is 0 Å². The monoisotopic (exact) mass is 234 g/mol. The lowest BCUT2D eigenvalue weighted by molar-refractivity contribution is -0.141. The molecule has 1 saturated carbocycles. The molecule has 66 valence electrons. The molecule has 0 radical (unpaired) electrons. The Hall–Kier alpha value is -0.840. The molecule has 0 aliphatic heterocycles. The maximum absolute atomic E-state index is 10.6. The Bertz CT molecular complexity index is 265. The highest BCUT2D eigenvalue weighted by molar-refractivity contribution is 9.12. The lowest BCUT2D eigenvalue weighted by Crippen LogP contribution is -2.13. The average Bonchev–Trinajstić information content (AvgIpc) is 2.68. The van der Waals surface area contributed by atoms with Gasteiger partial charge in [-0.15, -0.1) is 0 Å². The molecular formula is C7H7BrO4. The van der Waals surface area contributed by atoms with Gasteiger partial charge in [0, 0.05) is 0 Å². The Balaban J connectivity index is 2.79. The molecular weight excluding hydrogens is 228 g/mol. The molecule has 0 amide bonds. The van der Waals surface area contributed by atoms with Gasteiger partial charge in [-0.25, -0.2) is 4.79 Å². The van der Waals surface area contributed by atoms with Crippen molar-refractivity contribution < 1.29 is 19.8 Å². The van der Waals surface area contributed by atoms with Crippen molar-refractivity contribution in [3.8, 4) is 0 Å². The van der Waals surface area contributed by atoms with E-state index >= 15 is 0 Å². The fourth-order valence-electron chi connectivity index (χ4n) is 0.859. The van der Waals surface area contributed by atoms with E-state index in [4.69, 9.17) is 10.2 Å². The predicted molar refractivity (Wildman–Crippen MR) is 43.9 cm³/mol. The van der Waals surface area contributed by atoms with Crippen LogP contribution in [0.2, 0.25) is 0 Å². The highest BCUT2D eigenvalue weighted by atomic mass is 79.9. The number of aliphatic carboxylic acids is 2. The molecule has 0 heterocycles. The fourth-order valence-corrected chi connectivity index (χ4v) is 1.30. The van der Waals surface area contributed by atoms with Crippen LogP contribution in [0.4, 0.5) is 0 Å². The maximum atomic E-state index is 10.6. The number of carboxylic acids is 2. The van der Waals surface area contributed by atoms with Crippen molar-refractivity contribution >= 4 is 27.9 Å². The number of carboxylic acid groups (broad SMARTS) is 2. The third-order valence-electron chi connectivity index (χ3n) is 1.82. The van der Waals surface area contributed by atoms with Crippen LogP contribution >= 0.6 is 15.9 Å². The van der Waals surface area contributed by atoms with Gasteiger partial charge in [0.2, 0.25) is 0 Å². The highest BCUT2D eigenvalue weighted by Gasteiger charge is 2.48. The summed E-state index contributed by atoms with van der Waals surface area (Å²) < 4.78 is -0.0811. The lowest BCUT2D eigenvalue weighted by atomic mass is 10.1. The van der Waals surface area contributed by atoms with Crippen LogP contribution in [-0.2, 0) is 9.59 Å². The Morgan fingerprint density at radius 3 is 2.08 bits per heavy atom. The van der Waals surface area contributed by atoms with Gasteiger partial charge in [-0.05, 0) is 34.8 Å². The van der Waals surface area contributed by atoms with E-state index in [2.05, 4.69) is 15.9 Å². The van der Waals surface area contributed by atoms with Gasteiger partial charge in [0.15, 0.2) is 0 Å². The summed E-state index contributed by atoms with van der Waals surface area (Å²) in [5, 5.41) is 17.1. The first-order chi connectivity index (χ1) is 5.48. The van der Waals surface area contributed by atoms with Crippen molar-refractivity contribution in [3.05, 3.63) is 10.6 Å². The van der Waals surface area contributed by atoms with E-state index in [-0.39, 0.29) is 4.48 Å². The van der Waals surface area contributed by atoms with E-state index in [0.29, 0.717) is 12.8 Å². The second kappa shape index (κ2) is 2.90. The minimum absolute atomic E-state index is 0.0811. The third-order valence-corrected chi connectivity index (χ3v) is 2.39. The molecule has 1 rings (SSSR count). The summed E-state index contributed by atoms with van der Waals surface area (Å²) in [5.41, 5.74) is -0.919. The maximum Gasteiger partial charge on any atom is 0.342 e. The van der Waals surface area contributed by atoms with Crippen molar-refractivity contribution in [1.82, 2.24) is 0 Å². The number of hydrogen-bond donors (Lipinski definition) is 2. The molecule has 12 heavy (non-hydrogen) atoms. The smallest absolute Gasteiger partial charge is 0.342 e. The number of rotatable bonds is 3. The molecule has 0 aromatic rings. The zero-order valence-corrected chi connectivity index (χ0v) is 7.67. The van der Waals surface area contributed by atoms with Gasteiger partial charge >= 0.3 is 11.9 Å². The topological polar surface area (TPSA) is 74.6 Å². The van der Waals surface area contributed by atoms with E-state index in [1.165, 1.54) is 6.08 Å². The molecule has 5 heteroatoms. The van der Waals surface area contributed by atoms with E-state index in [9.17, 15) is 9.59 Å². The van der Waals surface area contributed by atoms with E-state index < -0.39 is 17.4 Å². The van der Waals surface area contributed by atoms with Gasteiger partial charge in [0.05, 0.1) is 9.90 Å². The SMILES string of the molecule is O=C(O)C(Br)=CC1(C(=O)O)CC1. The van der Waals surface area contributed by atoms with E-state index in [0.717, 1.165) is 0 Å². The van der Waals surface area contributed by atoms with Crippen LogP contribution < -0.4 is 0 Å². The van der Waals surface area contributed by atoms with Crippen molar-refractivity contribution in [2.75, 3.05) is 0 Å². The summed E-state index contributed by atoms with van der Waals surface area (Å²) >= 11 is 2.78. The minimum Gasteiger partial charge on any atom is -0.481 e. The quantitative estimate of drug-likeness (QED) is 0.721. The highest BCUT2D eigenvalue weighted by Crippen LogP contribution is 2.48. The normalized spacial score (nSPS) is 20.2. The summed E-state index contributed by atoms with van der Waals surface area (Å²) in [6.45, 7) is 0. The molecule has 2 N–H and O–H groups in total. The zero-order valence-electron chi connectivity index (χ0n) is 6.08. The van der Waals surface area contributed by atoms with Gasteiger partial charge in [-0.1, -0.05) is 0 Å². The third kappa shape index (κ3) is 1.66. The largest absolute Gasteiger partial charge is 0.481 e. The number of hydrogen-bond acceptors (Lipinski definition) is 2. The fraction of sp³-hybridized carbons (Fsp3) is 0.429. The van der Waals surface area contributed by atoms with Gasteiger partial charge in [-0.3, -0.25) is 4.79 Å². The van der Waals surface area contributed by atoms with E-state index in [1.54, 1.807) is 0 Å². The second-order valence-corrected chi connectivity index (χ2v) is 3.61. The molecule has 1 aliphatic rings. The van der Waals surface area contributed by atoms with Crippen LogP contribution in [0.25, 0.3) is 0 Å². The van der Waals surface area contributed by atoms with Gasteiger partial charge in [0.1, 0.15) is 0 Å². The number of halogens is 1. The Morgan fingerprint density at radius 2 is 1.83 bits per heavy atom. The average molecular weight is 235 g/mol. The lowest BCUT2D eigenvalue weighted by Gasteiger charge is -2.01. The first-order valence-electron chi connectivity index (χ1n) is 3.33. The summed E-state index contributed by atoms with van der Waals surface area (Å²) in [7, 11) is 0. The number of carbonyl (C=O) groups is 2. The van der Waals surface area contributed by atoms with Crippen molar-refractivity contribution in [2.45, 2.75) is 12.8 Å². The summed E-state index contributed by atoms with van der Waals surface area (Å²) in [4.78, 5) is 20.9. The van der Waals surface area contributed by atoms with E-state index in [1.807, 2.05) is 0 Å². The molecule has 0 spiro atoms.